The Morgan fingerprint density at radius 3 is 2.47 bits per heavy atom. The Balaban J connectivity index is 3.42. The Hall–Kier alpha value is -1.30. The van der Waals surface area contributed by atoms with E-state index in [-0.39, 0.29) is 17.7 Å². The lowest BCUT2D eigenvalue weighted by Crippen LogP contribution is -2.19. The van der Waals surface area contributed by atoms with Gasteiger partial charge in [0.2, 0.25) is 0 Å². The number of halogens is 3. The summed E-state index contributed by atoms with van der Waals surface area (Å²) in [5.41, 5.74) is -0.895. The van der Waals surface area contributed by atoms with Crippen molar-refractivity contribution in [3.63, 3.8) is 0 Å². The number of hydrogen-bond donors (Lipinski definition) is 0. The third-order valence-corrected chi connectivity index (χ3v) is 2.85. The number of ether oxygens (including phenoxy) is 1. The lowest BCUT2D eigenvalue weighted by Gasteiger charge is -2.13. The van der Waals surface area contributed by atoms with Gasteiger partial charge in [0.1, 0.15) is 0 Å². The van der Waals surface area contributed by atoms with Gasteiger partial charge in [-0.3, -0.25) is 4.79 Å². The molecule has 0 bridgehead atoms. The normalized spacial score (nSPS) is 12.3. The Morgan fingerprint density at radius 1 is 1.37 bits per heavy atom. The van der Waals surface area contributed by atoms with E-state index < -0.39 is 28.6 Å². The smallest absolute Gasteiger partial charge is 0.339 e. The first-order valence-corrected chi connectivity index (χ1v) is 6.58. The summed E-state index contributed by atoms with van der Waals surface area (Å²) in [6.45, 7) is 3.18. The van der Waals surface area contributed by atoms with Crippen LogP contribution in [0.2, 0.25) is 0 Å². The number of hydrogen-bond acceptors (Lipinski definition) is 3. The second kappa shape index (κ2) is 6.75. The summed E-state index contributed by atoms with van der Waals surface area (Å²) in [7, 11) is 0. The monoisotopic (exact) mass is 334 g/mol. The summed E-state index contributed by atoms with van der Waals surface area (Å²) in [6, 6.07) is 3.79. The van der Waals surface area contributed by atoms with E-state index in [1.807, 2.05) is 0 Å². The highest BCUT2D eigenvalue weighted by molar-refractivity contribution is 9.10. The van der Waals surface area contributed by atoms with Crippen LogP contribution in [0.15, 0.2) is 18.2 Å². The summed E-state index contributed by atoms with van der Waals surface area (Å²) in [6.07, 6.45) is -2.85. The molecule has 19 heavy (non-hydrogen) atoms. The molecule has 0 amide bonds. The molecule has 3 nitrogen and oxygen atoms in total. The van der Waals surface area contributed by atoms with Crippen LogP contribution in [-0.2, 0) is 4.74 Å². The fraction of sp³-hybridized carbons (Fsp3) is 0.385. The number of Topliss-reactive ketones (excluding diaryl/α,β-unsaturated/α-hetero) is 1. The maximum atomic E-state index is 12.9. The molecule has 0 aliphatic rings. The van der Waals surface area contributed by atoms with Gasteiger partial charge < -0.3 is 4.74 Å². The van der Waals surface area contributed by atoms with Crippen LogP contribution in [0.3, 0.4) is 0 Å². The van der Waals surface area contributed by atoms with Crippen molar-refractivity contribution in [1.82, 2.24) is 0 Å². The van der Waals surface area contributed by atoms with E-state index in [4.69, 9.17) is 4.74 Å². The molecule has 1 atom stereocenters. The van der Waals surface area contributed by atoms with Crippen molar-refractivity contribution in [1.29, 1.82) is 0 Å². The van der Waals surface area contributed by atoms with E-state index >= 15 is 0 Å². The van der Waals surface area contributed by atoms with Gasteiger partial charge in [0, 0.05) is 11.1 Å². The molecule has 0 aliphatic heterocycles. The predicted octanol–water partition coefficient (Wildman–Crippen LogP) is 3.77. The fourth-order valence-corrected chi connectivity index (χ4v) is 1.85. The summed E-state index contributed by atoms with van der Waals surface area (Å²) >= 11 is 3.07. The standard InChI is InChI=1S/C13H13BrF2O3/c1-3-19-13(18)10-8(11(17)7(2)14)5-4-6-9(10)12(15)16/h4-7,12H,3H2,1-2H3. The zero-order valence-electron chi connectivity index (χ0n) is 10.5. The Labute approximate surface area is 118 Å². The topological polar surface area (TPSA) is 43.4 Å². The van der Waals surface area contributed by atoms with Gasteiger partial charge in [-0.25, -0.2) is 13.6 Å². The van der Waals surface area contributed by atoms with Crippen LogP contribution in [0.1, 0.15) is 46.6 Å². The Bertz CT molecular complexity index is 487. The largest absolute Gasteiger partial charge is 0.462 e. The molecule has 1 aromatic carbocycles. The van der Waals surface area contributed by atoms with Crippen molar-refractivity contribution in [2.45, 2.75) is 25.1 Å². The molecule has 0 N–H and O–H groups in total. The van der Waals surface area contributed by atoms with Crippen LogP contribution >= 0.6 is 15.9 Å². The minimum atomic E-state index is -2.85. The number of ketones is 1. The molecule has 0 heterocycles. The average molecular weight is 335 g/mol. The quantitative estimate of drug-likeness (QED) is 0.467. The van der Waals surface area contributed by atoms with E-state index in [0.29, 0.717) is 0 Å². The fourth-order valence-electron chi connectivity index (χ4n) is 1.60. The number of alkyl halides is 3. The third kappa shape index (κ3) is 3.59. The van der Waals surface area contributed by atoms with Gasteiger partial charge in [-0.2, -0.15) is 0 Å². The van der Waals surface area contributed by atoms with E-state index in [1.165, 1.54) is 12.1 Å². The first kappa shape index (κ1) is 15.8. The van der Waals surface area contributed by atoms with Gasteiger partial charge in [0.05, 0.1) is 17.0 Å². The Kier molecular flexibility index (Phi) is 5.60. The highest BCUT2D eigenvalue weighted by Crippen LogP contribution is 2.27. The SMILES string of the molecule is CCOC(=O)c1c(C(=O)C(C)Br)cccc1C(F)F. The molecule has 0 saturated carbocycles. The van der Waals surface area contributed by atoms with Gasteiger partial charge >= 0.3 is 5.97 Å². The molecule has 0 radical (unpaired) electrons. The highest BCUT2D eigenvalue weighted by Gasteiger charge is 2.27. The first-order valence-electron chi connectivity index (χ1n) is 5.66. The second-order valence-electron chi connectivity index (χ2n) is 3.77. The van der Waals surface area contributed by atoms with Crippen molar-refractivity contribution < 1.29 is 23.1 Å². The van der Waals surface area contributed by atoms with Crippen LogP contribution in [0, 0.1) is 0 Å². The van der Waals surface area contributed by atoms with E-state index in [1.54, 1.807) is 13.8 Å². The minimum absolute atomic E-state index is 0.0495. The molecule has 1 rings (SSSR count). The molecule has 0 spiro atoms. The average Bonchev–Trinajstić information content (AvgIpc) is 2.36. The Morgan fingerprint density at radius 2 is 2.00 bits per heavy atom. The van der Waals surface area contributed by atoms with Crippen molar-refractivity contribution in [3.05, 3.63) is 34.9 Å². The highest BCUT2D eigenvalue weighted by atomic mass is 79.9. The molecular weight excluding hydrogens is 322 g/mol. The van der Waals surface area contributed by atoms with E-state index in [9.17, 15) is 18.4 Å². The van der Waals surface area contributed by atoms with E-state index in [2.05, 4.69) is 15.9 Å². The van der Waals surface area contributed by atoms with Gasteiger partial charge in [-0.15, -0.1) is 0 Å². The summed E-state index contributed by atoms with van der Waals surface area (Å²) in [5, 5.41) is 0. The molecule has 1 unspecified atom stereocenters. The van der Waals surface area contributed by atoms with Crippen LogP contribution in [0.5, 0.6) is 0 Å². The van der Waals surface area contributed by atoms with Gasteiger partial charge in [0.25, 0.3) is 6.43 Å². The van der Waals surface area contributed by atoms with Gasteiger partial charge in [-0.05, 0) is 13.8 Å². The molecule has 0 aromatic heterocycles. The van der Waals surface area contributed by atoms with Crippen LogP contribution < -0.4 is 0 Å². The maximum Gasteiger partial charge on any atom is 0.339 e. The van der Waals surface area contributed by atoms with Crippen LogP contribution in [0.4, 0.5) is 8.78 Å². The predicted molar refractivity (Wildman–Crippen MR) is 70.1 cm³/mol. The second-order valence-corrected chi connectivity index (χ2v) is 5.14. The summed E-state index contributed by atoms with van der Waals surface area (Å²) in [4.78, 5) is 23.2. The molecule has 6 heteroatoms. The summed E-state index contributed by atoms with van der Waals surface area (Å²) < 4.78 is 30.6. The lowest BCUT2D eigenvalue weighted by molar-refractivity contribution is 0.0512. The first-order chi connectivity index (χ1) is 8.90. The van der Waals surface area contributed by atoms with Gasteiger partial charge in [-0.1, -0.05) is 34.1 Å². The zero-order chi connectivity index (χ0) is 14.6. The molecule has 0 aliphatic carbocycles. The number of rotatable bonds is 5. The molecule has 0 fully saturated rings. The summed E-state index contributed by atoms with van der Waals surface area (Å²) in [5.74, 6) is -1.35. The van der Waals surface area contributed by atoms with Crippen molar-refractivity contribution in [3.8, 4) is 0 Å². The number of esters is 1. The zero-order valence-corrected chi connectivity index (χ0v) is 12.0. The number of carbonyl (C=O) groups is 2. The van der Waals surface area contributed by atoms with Crippen LogP contribution in [0.25, 0.3) is 0 Å². The molecule has 1 aromatic rings. The van der Waals surface area contributed by atoms with E-state index in [0.717, 1.165) is 6.07 Å². The van der Waals surface area contributed by atoms with Crippen molar-refractivity contribution in [2.24, 2.45) is 0 Å². The molecule has 104 valence electrons. The molecular formula is C13H13BrF2O3. The third-order valence-electron chi connectivity index (χ3n) is 2.44. The van der Waals surface area contributed by atoms with Crippen molar-refractivity contribution >= 4 is 27.7 Å². The van der Waals surface area contributed by atoms with Crippen molar-refractivity contribution in [2.75, 3.05) is 6.61 Å². The van der Waals surface area contributed by atoms with Gasteiger partial charge in [0.15, 0.2) is 5.78 Å². The van der Waals surface area contributed by atoms with Crippen LogP contribution in [-0.4, -0.2) is 23.2 Å². The lowest BCUT2D eigenvalue weighted by atomic mass is 9.97. The minimum Gasteiger partial charge on any atom is -0.462 e. The number of benzene rings is 1. The maximum absolute atomic E-state index is 12.9. The number of carbonyl (C=O) groups excluding carboxylic acids is 2. The molecule has 0 saturated heterocycles.